The second kappa shape index (κ2) is 6.70. The molecule has 1 heterocycles. The number of carbonyl (C=O) groups excluding carboxylic acids is 1. The first-order valence-electron chi connectivity index (χ1n) is 6.93. The normalized spacial score (nSPS) is 20.2. The molecule has 2 rings (SSSR count). The summed E-state index contributed by atoms with van der Waals surface area (Å²) in [6, 6.07) is 4.36. The Bertz CT molecular complexity index is 479. The van der Waals surface area contributed by atoms with Crippen molar-refractivity contribution in [3.63, 3.8) is 0 Å². The van der Waals surface area contributed by atoms with Gasteiger partial charge in [0.05, 0.1) is 18.4 Å². The fraction of sp³-hybridized carbons (Fsp3) is 0.533. The van der Waals surface area contributed by atoms with E-state index in [2.05, 4.69) is 17.3 Å². The Morgan fingerprint density at radius 2 is 2.20 bits per heavy atom. The number of halogens is 1. The number of rotatable bonds is 3. The van der Waals surface area contributed by atoms with Gasteiger partial charge in [-0.15, -0.1) is 0 Å². The highest BCUT2D eigenvalue weighted by Crippen LogP contribution is 2.22. The number of benzene rings is 1. The number of methoxy groups -OCH3 is 1. The number of likely N-dealkylation sites (tertiary alicyclic amines) is 1. The van der Waals surface area contributed by atoms with Crippen LogP contribution < -0.4 is 5.32 Å². The van der Waals surface area contributed by atoms with Gasteiger partial charge in [0.25, 0.3) is 0 Å². The highest BCUT2D eigenvalue weighted by atomic mass is 19.1. The summed E-state index contributed by atoms with van der Waals surface area (Å²) in [5.41, 5.74) is 0.901. The summed E-state index contributed by atoms with van der Waals surface area (Å²) in [6.07, 6.45) is 3.09. The Morgan fingerprint density at radius 3 is 2.95 bits per heavy atom. The lowest BCUT2D eigenvalue weighted by Gasteiger charge is -2.19. The van der Waals surface area contributed by atoms with Crippen LogP contribution in [0.3, 0.4) is 0 Å². The number of nitrogens with zero attached hydrogens (tertiary/aromatic N) is 1. The van der Waals surface area contributed by atoms with Crippen LogP contribution in [-0.4, -0.2) is 44.2 Å². The largest absolute Gasteiger partial charge is 0.465 e. The molecule has 1 aromatic rings. The zero-order chi connectivity index (χ0) is 14.5. The molecule has 20 heavy (non-hydrogen) atoms. The quantitative estimate of drug-likeness (QED) is 0.864. The predicted molar refractivity (Wildman–Crippen MR) is 76.5 cm³/mol. The van der Waals surface area contributed by atoms with Gasteiger partial charge >= 0.3 is 5.97 Å². The fourth-order valence-electron chi connectivity index (χ4n) is 2.53. The molecule has 0 aromatic heterocycles. The maximum atomic E-state index is 13.4. The van der Waals surface area contributed by atoms with Crippen LogP contribution in [0.2, 0.25) is 0 Å². The average Bonchev–Trinajstić information content (AvgIpc) is 2.63. The van der Waals surface area contributed by atoms with Gasteiger partial charge in [0, 0.05) is 6.04 Å². The summed E-state index contributed by atoms with van der Waals surface area (Å²) >= 11 is 0. The lowest BCUT2D eigenvalue weighted by atomic mass is 10.1. The number of carbonyl (C=O) groups is 1. The van der Waals surface area contributed by atoms with Crippen molar-refractivity contribution in [3.05, 3.63) is 29.6 Å². The Labute approximate surface area is 118 Å². The molecule has 1 atom stereocenters. The molecule has 5 heteroatoms. The summed E-state index contributed by atoms with van der Waals surface area (Å²) in [7, 11) is 3.43. The van der Waals surface area contributed by atoms with Crippen molar-refractivity contribution in [1.29, 1.82) is 0 Å². The number of ether oxygens (including phenoxy) is 1. The fourth-order valence-corrected chi connectivity index (χ4v) is 2.53. The Balaban J connectivity index is 2.15. The first-order chi connectivity index (χ1) is 9.60. The molecule has 0 aliphatic carbocycles. The summed E-state index contributed by atoms with van der Waals surface area (Å²) in [6.45, 7) is 2.08. The van der Waals surface area contributed by atoms with Crippen LogP contribution in [-0.2, 0) is 4.74 Å². The third kappa shape index (κ3) is 3.70. The predicted octanol–water partition coefficient (Wildman–Crippen LogP) is 2.51. The van der Waals surface area contributed by atoms with Crippen molar-refractivity contribution >= 4 is 11.7 Å². The van der Waals surface area contributed by atoms with E-state index in [1.807, 2.05) is 0 Å². The van der Waals surface area contributed by atoms with Crippen molar-refractivity contribution in [2.75, 3.05) is 32.6 Å². The second-order valence-electron chi connectivity index (χ2n) is 5.26. The van der Waals surface area contributed by atoms with Crippen LogP contribution >= 0.6 is 0 Å². The monoisotopic (exact) mass is 280 g/mol. The van der Waals surface area contributed by atoms with Crippen LogP contribution in [0.25, 0.3) is 0 Å². The van der Waals surface area contributed by atoms with E-state index in [0.717, 1.165) is 32.4 Å². The standard InChI is InChI=1S/C15H21FN2O2/c1-18-8-3-4-12(7-9-18)17-14-10-11(16)5-6-13(14)15(19)20-2/h5-6,10,12,17H,3-4,7-9H2,1-2H3. The molecule has 4 nitrogen and oxygen atoms in total. The van der Waals surface area contributed by atoms with Crippen LogP contribution in [0.1, 0.15) is 29.6 Å². The summed E-state index contributed by atoms with van der Waals surface area (Å²) in [5, 5.41) is 3.30. The number of hydrogen-bond acceptors (Lipinski definition) is 4. The SMILES string of the molecule is COC(=O)c1ccc(F)cc1NC1CCCN(C)CC1. The Kier molecular flexibility index (Phi) is 4.95. The maximum absolute atomic E-state index is 13.4. The van der Waals surface area contributed by atoms with Gasteiger partial charge in [0.1, 0.15) is 5.82 Å². The Morgan fingerprint density at radius 1 is 1.40 bits per heavy atom. The lowest BCUT2D eigenvalue weighted by Crippen LogP contribution is -2.24. The van der Waals surface area contributed by atoms with E-state index in [1.165, 1.54) is 25.3 Å². The van der Waals surface area contributed by atoms with Gasteiger partial charge in [-0.1, -0.05) is 0 Å². The minimum absolute atomic E-state index is 0.255. The van der Waals surface area contributed by atoms with Crippen molar-refractivity contribution in [1.82, 2.24) is 4.90 Å². The molecular formula is C15H21FN2O2. The first-order valence-corrected chi connectivity index (χ1v) is 6.93. The van der Waals surface area contributed by atoms with E-state index < -0.39 is 5.97 Å². The van der Waals surface area contributed by atoms with Crippen molar-refractivity contribution in [3.8, 4) is 0 Å². The third-order valence-electron chi connectivity index (χ3n) is 3.70. The van der Waals surface area contributed by atoms with Gasteiger partial charge in [-0.05, 0) is 57.6 Å². The van der Waals surface area contributed by atoms with Crippen molar-refractivity contribution in [2.24, 2.45) is 0 Å². The number of hydrogen-bond donors (Lipinski definition) is 1. The molecule has 1 aromatic carbocycles. The zero-order valence-corrected chi connectivity index (χ0v) is 12.0. The van der Waals surface area contributed by atoms with E-state index in [-0.39, 0.29) is 11.9 Å². The summed E-state index contributed by atoms with van der Waals surface area (Å²) in [4.78, 5) is 14.0. The molecule has 1 N–H and O–H groups in total. The third-order valence-corrected chi connectivity index (χ3v) is 3.70. The smallest absolute Gasteiger partial charge is 0.339 e. The van der Waals surface area contributed by atoms with E-state index in [4.69, 9.17) is 4.74 Å². The van der Waals surface area contributed by atoms with Gasteiger partial charge in [0.15, 0.2) is 0 Å². The molecule has 1 aliphatic heterocycles. The second-order valence-corrected chi connectivity index (χ2v) is 5.26. The highest BCUT2D eigenvalue weighted by Gasteiger charge is 2.18. The molecule has 110 valence electrons. The zero-order valence-electron chi connectivity index (χ0n) is 12.0. The van der Waals surface area contributed by atoms with Gasteiger partial charge in [0.2, 0.25) is 0 Å². The van der Waals surface area contributed by atoms with Crippen LogP contribution in [0.4, 0.5) is 10.1 Å². The molecule has 0 radical (unpaired) electrons. The average molecular weight is 280 g/mol. The molecule has 1 unspecified atom stereocenters. The van der Waals surface area contributed by atoms with E-state index >= 15 is 0 Å². The molecule has 0 spiro atoms. The number of nitrogens with one attached hydrogen (secondary N) is 1. The molecule has 1 fully saturated rings. The highest BCUT2D eigenvalue weighted by molar-refractivity contribution is 5.95. The molecule has 0 bridgehead atoms. The summed E-state index contributed by atoms with van der Waals surface area (Å²) in [5.74, 6) is -0.802. The molecular weight excluding hydrogens is 259 g/mol. The number of anilines is 1. The van der Waals surface area contributed by atoms with Crippen LogP contribution in [0.15, 0.2) is 18.2 Å². The number of esters is 1. The van der Waals surface area contributed by atoms with Crippen LogP contribution in [0.5, 0.6) is 0 Å². The van der Waals surface area contributed by atoms with Gasteiger partial charge in [-0.25, -0.2) is 9.18 Å². The summed E-state index contributed by atoms with van der Waals surface area (Å²) < 4.78 is 18.1. The minimum atomic E-state index is -0.446. The Hall–Kier alpha value is -1.62. The van der Waals surface area contributed by atoms with Gasteiger partial charge < -0.3 is 15.0 Å². The first kappa shape index (κ1) is 14.8. The van der Waals surface area contributed by atoms with E-state index in [1.54, 1.807) is 0 Å². The molecule has 0 saturated carbocycles. The lowest BCUT2D eigenvalue weighted by molar-refractivity contribution is 0.0601. The molecule has 1 saturated heterocycles. The van der Waals surface area contributed by atoms with Gasteiger partial charge in [-0.3, -0.25) is 0 Å². The van der Waals surface area contributed by atoms with Crippen LogP contribution in [0, 0.1) is 5.82 Å². The van der Waals surface area contributed by atoms with Crippen molar-refractivity contribution < 1.29 is 13.9 Å². The maximum Gasteiger partial charge on any atom is 0.339 e. The van der Waals surface area contributed by atoms with E-state index in [0.29, 0.717) is 11.3 Å². The topological polar surface area (TPSA) is 41.6 Å². The van der Waals surface area contributed by atoms with Crippen molar-refractivity contribution in [2.45, 2.75) is 25.3 Å². The van der Waals surface area contributed by atoms with Gasteiger partial charge in [-0.2, -0.15) is 0 Å². The van der Waals surface area contributed by atoms with E-state index in [9.17, 15) is 9.18 Å². The molecule has 0 amide bonds. The minimum Gasteiger partial charge on any atom is -0.465 e. The molecule has 1 aliphatic rings.